The first-order valence-electron chi connectivity index (χ1n) is 7.76. The third-order valence-electron chi connectivity index (χ3n) is 3.91. The molecule has 0 aliphatic carbocycles. The van der Waals surface area contributed by atoms with Crippen molar-refractivity contribution in [1.29, 1.82) is 0 Å². The minimum atomic E-state index is -0.658. The molecular weight excluding hydrogens is 282 g/mol. The lowest BCUT2D eigenvalue weighted by Gasteiger charge is -2.22. The van der Waals surface area contributed by atoms with Crippen LogP contribution in [0.1, 0.15) is 38.2 Å². The number of ether oxygens (including phenoxy) is 2. The highest BCUT2D eigenvalue weighted by atomic mass is 16.6. The lowest BCUT2D eigenvalue weighted by molar-refractivity contribution is -0.146. The maximum Gasteiger partial charge on any atom is 0.411 e. The Hall–Kier alpha value is -2.04. The summed E-state index contributed by atoms with van der Waals surface area (Å²) >= 11 is 0. The molecule has 0 spiro atoms. The third kappa shape index (κ3) is 3.78. The van der Waals surface area contributed by atoms with E-state index in [1.807, 2.05) is 30.3 Å². The van der Waals surface area contributed by atoms with Crippen LogP contribution in [0.25, 0.3) is 0 Å². The number of methoxy groups -OCH3 is 1. The van der Waals surface area contributed by atoms with Gasteiger partial charge in [-0.2, -0.15) is 0 Å². The summed E-state index contributed by atoms with van der Waals surface area (Å²) in [5.41, 5.74) is 0.961. The fourth-order valence-electron chi connectivity index (χ4n) is 2.73. The largest absolute Gasteiger partial charge is 0.467 e. The Kier molecular flexibility index (Phi) is 5.81. The zero-order valence-electron chi connectivity index (χ0n) is 13.2. The van der Waals surface area contributed by atoms with Gasteiger partial charge in [0.2, 0.25) is 0 Å². The monoisotopic (exact) mass is 305 g/mol. The Morgan fingerprint density at radius 1 is 1.27 bits per heavy atom. The quantitative estimate of drug-likeness (QED) is 0.573. The van der Waals surface area contributed by atoms with Gasteiger partial charge in [-0.1, -0.05) is 50.1 Å². The second kappa shape index (κ2) is 7.82. The van der Waals surface area contributed by atoms with Crippen molar-refractivity contribution in [2.75, 3.05) is 7.11 Å². The van der Waals surface area contributed by atoms with E-state index in [9.17, 15) is 9.59 Å². The van der Waals surface area contributed by atoms with Crippen LogP contribution in [-0.2, 0) is 20.8 Å². The first-order chi connectivity index (χ1) is 10.7. The smallest absolute Gasteiger partial charge is 0.411 e. The molecule has 0 bridgehead atoms. The Morgan fingerprint density at radius 3 is 2.64 bits per heavy atom. The average Bonchev–Trinajstić information content (AvgIpc) is 2.84. The zero-order valence-corrected chi connectivity index (χ0v) is 13.2. The highest BCUT2D eigenvalue weighted by Crippen LogP contribution is 2.26. The van der Waals surface area contributed by atoms with Gasteiger partial charge in [0, 0.05) is 0 Å². The summed E-state index contributed by atoms with van der Waals surface area (Å²) in [6, 6.07) is 8.91. The fourth-order valence-corrected chi connectivity index (χ4v) is 2.73. The molecule has 0 aromatic heterocycles. The Bertz CT molecular complexity index is 503. The molecule has 1 aromatic carbocycles. The van der Waals surface area contributed by atoms with Gasteiger partial charge in [-0.3, -0.25) is 4.90 Å². The summed E-state index contributed by atoms with van der Waals surface area (Å²) < 4.78 is 10.3. The van der Waals surface area contributed by atoms with Gasteiger partial charge in [0.1, 0.15) is 6.10 Å². The molecule has 1 amide bonds. The van der Waals surface area contributed by atoms with E-state index in [1.165, 1.54) is 12.0 Å². The Labute approximate surface area is 131 Å². The van der Waals surface area contributed by atoms with Crippen LogP contribution in [0.5, 0.6) is 0 Å². The van der Waals surface area contributed by atoms with Crippen LogP contribution < -0.4 is 0 Å². The summed E-state index contributed by atoms with van der Waals surface area (Å²) in [5, 5.41) is 0. The first kappa shape index (κ1) is 16.3. The van der Waals surface area contributed by atoms with E-state index in [1.54, 1.807) is 0 Å². The van der Waals surface area contributed by atoms with Crippen molar-refractivity contribution < 1.29 is 19.1 Å². The Balaban J connectivity index is 2.12. The number of nitrogens with zero attached hydrogens (tertiary/aromatic N) is 1. The van der Waals surface area contributed by atoms with Gasteiger partial charge < -0.3 is 9.47 Å². The van der Waals surface area contributed by atoms with E-state index in [4.69, 9.17) is 9.47 Å². The minimum Gasteiger partial charge on any atom is -0.467 e. The molecule has 0 unspecified atom stereocenters. The van der Waals surface area contributed by atoms with Crippen LogP contribution in [0, 0.1) is 0 Å². The number of hydrogen-bond acceptors (Lipinski definition) is 4. The minimum absolute atomic E-state index is 0.351. The van der Waals surface area contributed by atoms with Crippen molar-refractivity contribution in [3.05, 3.63) is 35.9 Å². The number of unbranched alkanes of at least 4 members (excludes halogenated alkanes) is 2. The van der Waals surface area contributed by atoms with E-state index < -0.39 is 24.2 Å². The predicted molar refractivity (Wildman–Crippen MR) is 82.2 cm³/mol. The van der Waals surface area contributed by atoms with Gasteiger partial charge in [0.05, 0.1) is 13.7 Å². The molecule has 2 rings (SSSR count). The molecule has 2 atom stereocenters. The number of rotatable bonds is 7. The molecule has 5 heteroatoms. The summed E-state index contributed by atoms with van der Waals surface area (Å²) in [4.78, 5) is 25.7. The molecule has 0 saturated carbocycles. The van der Waals surface area contributed by atoms with Crippen molar-refractivity contribution in [2.24, 2.45) is 0 Å². The summed E-state index contributed by atoms with van der Waals surface area (Å²) in [6.07, 6.45) is 2.89. The number of cyclic esters (lactones) is 1. The van der Waals surface area contributed by atoms with Gasteiger partial charge in [-0.05, 0) is 18.4 Å². The van der Waals surface area contributed by atoms with Gasteiger partial charge in [0.15, 0.2) is 6.04 Å². The number of carbonyl (C=O) groups is 2. The third-order valence-corrected chi connectivity index (χ3v) is 3.91. The number of benzene rings is 1. The lowest BCUT2D eigenvalue weighted by Crippen LogP contribution is -2.43. The maximum atomic E-state index is 12.1. The van der Waals surface area contributed by atoms with Crippen LogP contribution in [0.2, 0.25) is 0 Å². The SMILES string of the molecule is CCCCC[C@@H]1OC(=O)N(Cc2ccccc2)[C@H]1C(=O)OC. The van der Waals surface area contributed by atoms with Crippen molar-refractivity contribution in [3.63, 3.8) is 0 Å². The molecular formula is C17H23NO4. The van der Waals surface area contributed by atoms with Crippen molar-refractivity contribution >= 4 is 12.1 Å². The molecule has 1 saturated heterocycles. The van der Waals surface area contributed by atoms with Crippen molar-refractivity contribution in [2.45, 2.75) is 51.3 Å². The zero-order chi connectivity index (χ0) is 15.9. The second-order valence-corrected chi connectivity index (χ2v) is 5.50. The fraction of sp³-hybridized carbons (Fsp3) is 0.529. The molecule has 0 radical (unpaired) electrons. The molecule has 1 aromatic rings. The van der Waals surface area contributed by atoms with Gasteiger partial charge >= 0.3 is 12.1 Å². The Morgan fingerprint density at radius 2 is 2.00 bits per heavy atom. The standard InChI is InChI=1S/C17H23NO4/c1-3-4-6-11-14-15(16(19)21-2)18(17(20)22-14)12-13-9-7-5-8-10-13/h5,7-10,14-15H,3-4,6,11-12H2,1-2H3/t14-,15+/m0/s1. The van der Waals surface area contributed by atoms with Crippen LogP contribution in [-0.4, -0.2) is 36.2 Å². The van der Waals surface area contributed by atoms with E-state index in [0.717, 1.165) is 24.8 Å². The van der Waals surface area contributed by atoms with E-state index in [-0.39, 0.29) is 0 Å². The maximum absolute atomic E-state index is 12.1. The van der Waals surface area contributed by atoms with Crippen LogP contribution in [0.4, 0.5) is 4.79 Å². The van der Waals surface area contributed by atoms with E-state index in [2.05, 4.69) is 6.92 Å². The molecule has 1 aliphatic rings. The summed E-state index contributed by atoms with van der Waals surface area (Å²) in [6.45, 7) is 2.46. The highest BCUT2D eigenvalue weighted by Gasteiger charge is 2.46. The number of carbonyl (C=O) groups excluding carboxylic acids is 2. The summed E-state index contributed by atoms with van der Waals surface area (Å²) in [5.74, 6) is -0.414. The molecule has 22 heavy (non-hydrogen) atoms. The van der Waals surface area contributed by atoms with E-state index >= 15 is 0 Å². The van der Waals surface area contributed by atoms with Gasteiger partial charge in [0.25, 0.3) is 0 Å². The molecule has 5 nitrogen and oxygen atoms in total. The highest BCUT2D eigenvalue weighted by molar-refractivity contribution is 5.85. The van der Waals surface area contributed by atoms with Crippen molar-refractivity contribution in [3.8, 4) is 0 Å². The number of esters is 1. The van der Waals surface area contributed by atoms with Crippen LogP contribution in [0.15, 0.2) is 30.3 Å². The average molecular weight is 305 g/mol. The number of hydrogen-bond donors (Lipinski definition) is 0. The predicted octanol–water partition coefficient (Wildman–Crippen LogP) is 3.13. The van der Waals surface area contributed by atoms with Crippen LogP contribution >= 0.6 is 0 Å². The second-order valence-electron chi connectivity index (χ2n) is 5.50. The van der Waals surface area contributed by atoms with Gasteiger partial charge in [-0.15, -0.1) is 0 Å². The molecule has 0 N–H and O–H groups in total. The molecule has 120 valence electrons. The summed E-state index contributed by atoms with van der Waals surface area (Å²) in [7, 11) is 1.34. The van der Waals surface area contributed by atoms with E-state index in [0.29, 0.717) is 13.0 Å². The lowest BCUT2D eigenvalue weighted by atomic mass is 10.0. The van der Waals surface area contributed by atoms with Crippen LogP contribution in [0.3, 0.4) is 0 Å². The number of amides is 1. The topological polar surface area (TPSA) is 55.8 Å². The normalized spacial score (nSPS) is 20.8. The van der Waals surface area contributed by atoms with Crippen molar-refractivity contribution in [1.82, 2.24) is 4.90 Å². The first-order valence-corrected chi connectivity index (χ1v) is 7.76. The molecule has 1 fully saturated rings. The van der Waals surface area contributed by atoms with Gasteiger partial charge in [-0.25, -0.2) is 9.59 Å². The molecule has 1 aliphatic heterocycles. The molecule has 1 heterocycles.